The molecule has 0 spiro atoms. The van der Waals surface area contributed by atoms with E-state index in [2.05, 4.69) is 5.32 Å². The van der Waals surface area contributed by atoms with Crippen LogP contribution in [0.2, 0.25) is 0 Å². The maximum Gasteiger partial charge on any atom is 0.230 e. The van der Waals surface area contributed by atoms with Gasteiger partial charge in [-0.1, -0.05) is 36.4 Å². The maximum absolute atomic E-state index is 12.0. The van der Waals surface area contributed by atoms with Gasteiger partial charge in [0, 0.05) is 10.6 Å². The van der Waals surface area contributed by atoms with Gasteiger partial charge in [0.05, 0.1) is 11.8 Å². The summed E-state index contributed by atoms with van der Waals surface area (Å²) in [5.74, 6) is 0.416. The Morgan fingerprint density at radius 1 is 1.19 bits per heavy atom. The highest BCUT2D eigenvalue weighted by Crippen LogP contribution is 2.26. The summed E-state index contributed by atoms with van der Waals surface area (Å²) in [6.45, 7) is 3.96. The van der Waals surface area contributed by atoms with E-state index in [1.807, 2.05) is 62.4 Å². The first kappa shape index (κ1) is 15.4. The van der Waals surface area contributed by atoms with Gasteiger partial charge < -0.3 is 11.1 Å². The monoisotopic (exact) mass is 300 g/mol. The Morgan fingerprint density at radius 3 is 2.62 bits per heavy atom. The minimum Gasteiger partial charge on any atom is -0.398 e. The van der Waals surface area contributed by atoms with Crippen LogP contribution in [0.1, 0.15) is 24.1 Å². The summed E-state index contributed by atoms with van der Waals surface area (Å²) in [4.78, 5) is 13.1. The molecule has 0 bridgehead atoms. The molecule has 0 aliphatic carbocycles. The van der Waals surface area contributed by atoms with Crippen molar-refractivity contribution in [3.05, 3.63) is 59.7 Å². The molecule has 0 aliphatic rings. The number of carbonyl (C=O) groups excluding carboxylic acids is 1. The van der Waals surface area contributed by atoms with Crippen LogP contribution < -0.4 is 11.1 Å². The fraction of sp³-hybridized carbons (Fsp3) is 0.235. The Hall–Kier alpha value is -1.94. The van der Waals surface area contributed by atoms with Crippen LogP contribution in [-0.4, -0.2) is 11.7 Å². The highest BCUT2D eigenvalue weighted by molar-refractivity contribution is 8.00. The number of nitrogens with one attached hydrogen (secondary N) is 1. The fourth-order valence-electron chi connectivity index (χ4n) is 2.04. The van der Waals surface area contributed by atoms with Crippen LogP contribution in [0.15, 0.2) is 53.4 Å². The molecule has 110 valence electrons. The van der Waals surface area contributed by atoms with Crippen molar-refractivity contribution in [2.24, 2.45) is 0 Å². The molecule has 1 amide bonds. The first-order chi connectivity index (χ1) is 10.1. The molecule has 2 aromatic rings. The molecule has 1 atom stereocenters. The number of hydrogen-bond donors (Lipinski definition) is 2. The second-order valence-corrected chi connectivity index (χ2v) is 5.98. The summed E-state index contributed by atoms with van der Waals surface area (Å²) in [7, 11) is 0. The second-order valence-electron chi connectivity index (χ2n) is 4.96. The molecule has 2 rings (SSSR count). The smallest absolute Gasteiger partial charge is 0.230 e. The van der Waals surface area contributed by atoms with Crippen LogP contribution >= 0.6 is 11.8 Å². The van der Waals surface area contributed by atoms with E-state index in [-0.39, 0.29) is 11.9 Å². The molecule has 0 radical (unpaired) electrons. The largest absolute Gasteiger partial charge is 0.398 e. The number of thioether (sulfide) groups is 1. The van der Waals surface area contributed by atoms with Crippen LogP contribution in [0.4, 0.5) is 5.69 Å². The third-order valence-corrected chi connectivity index (χ3v) is 4.52. The van der Waals surface area contributed by atoms with E-state index in [9.17, 15) is 4.79 Å². The van der Waals surface area contributed by atoms with Gasteiger partial charge in [0.15, 0.2) is 0 Å². The zero-order chi connectivity index (χ0) is 15.2. The van der Waals surface area contributed by atoms with Gasteiger partial charge in [-0.2, -0.15) is 0 Å². The molecule has 0 aromatic heterocycles. The molecular weight excluding hydrogens is 280 g/mol. The molecule has 0 aliphatic heterocycles. The van der Waals surface area contributed by atoms with Crippen molar-refractivity contribution < 1.29 is 4.79 Å². The van der Waals surface area contributed by atoms with E-state index in [0.717, 1.165) is 21.7 Å². The van der Waals surface area contributed by atoms with Gasteiger partial charge in [-0.3, -0.25) is 4.79 Å². The number of amides is 1. The lowest BCUT2D eigenvalue weighted by Crippen LogP contribution is -2.28. The van der Waals surface area contributed by atoms with E-state index in [4.69, 9.17) is 5.73 Å². The molecule has 0 fully saturated rings. The van der Waals surface area contributed by atoms with Crippen molar-refractivity contribution in [1.82, 2.24) is 5.32 Å². The van der Waals surface area contributed by atoms with Gasteiger partial charge in [-0.15, -0.1) is 11.8 Å². The molecule has 1 unspecified atom stereocenters. The molecule has 3 nitrogen and oxygen atoms in total. The highest BCUT2D eigenvalue weighted by Gasteiger charge is 2.10. The summed E-state index contributed by atoms with van der Waals surface area (Å²) < 4.78 is 0. The summed E-state index contributed by atoms with van der Waals surface area (Å²) in [5.41, 5.74) is 8.77. The number of carbonyl (C=O) groups is 1. The van der Waals surface area contributed by atoms with Crippen molar-refractivity contribution >= 4 is 23.4 Å². The van der Waals surface area contributed by atoms with Crippen LogP contribution in [-0.2, 0) is 4.79 Å². The average molecular weight is 300 g/mol. The lowest BCUT2D eigenvalue weighted by Gasteiger charge is -2.14. The predicted octanol–water partition coefficient (Wildman–Crippen LogP) is 3.55. The maximum atomic E-state index is 12.0. The topological polar surface area (TPSA) is 55.1 Å². The zero-order valence-electron chi connectivity index (χ0n) is 12.3. The van der Waals surface area contributed by atoms with Crippen LogP contribution in [0.5, 0.6) is 0 Å². The van der Waals surface area contributed by atoms with Crippen molar-refractivity contribution in [3.8, 4) is 0 Å². The number of nitrogen functional groups attached to an aromatic ring is 1. The van der Waals surface area contributed by atoms with E-state index >= 15 is 0 Å². The minimum absolute atomic E-state index is 0.0150. The van der Waals surface area contributed by atoms with Crippen molar-refractivity contribution in [3.63, 3.8) is 0 Å². The van der Waals surface area contributed by atoms with E-state index < -0.39 is 0 Å². The number of nitrogens with two attached hydrogens (primary N) is 1. The van der Waals surface area contributed by atoms with Gasteiger partial charge in [0.1, 0.15) is 0 Å². The number of hydrogen-bond acceptors (Lipinski definition) is 3. The van der Waals surface area contributed by atoms with Crippen LogP contribution in [0.25, 0.3) is 0 Å². The third kappa shape index (κ3) is 4.26. The standard InChI is InChI=1S/C17H20N2OS/c1-12-15(18)9-6-10-16(12)21-11-17(20)19-13(2)14-7-4-3-5-8-14/h3-10,13H,11,18H2,1-2H3,(H,19,20). The zero-order valence-corrected chi connectivity index (χ0v) is 13.1. The second kappa shape index (κ2) is 7.18. The Bertz CT molecular complexity index is 613. The molecule has 2 aromatic carbocycles. The van der Waals surface area contributed by atoms with Gasteiger partial charge in [0.25, 0.3) is 0 Å². The van der Waals surface area contributed by atoms with E-state index in [1.165, 1.54) is 11.8 Å². The van der Waals surface area contributed by atoms with Gasteiger partial charge in [0.2, 0.25) is 5.91 Å². The first-order valence-corrected chi connectivity index (χ1v) is 7.88. The predicted molar refractivity (Wildman–Crippen MR) is 89.3 cm³/mol. The van der Waals surface area contributed by atoms with Gasteiger partial charge in [-0.25, -0.2) is 0 Å². The Kier molecular flexibility index (Phi) is 5.28. The number of rotatable bonds is 5. The summed E-state index contributed by atoms with van der Waals surface area (Å²) in [5, 5.41) is 3.01. The fourth-order valence-corrected chi connectivity index (χ4v) is 2.92. The number of anilines is 1. The molecule has 3 N–H and O–H groups in total. The summed E-state index contributed by atoms with van der Waals surface area (Å²) in [6.07, 6.45) is 0. The molecule has 4 heteroatoms. The van der Waals surface area contributed by atoms with E-state index in [1.54, 1.807) is 0 Å². The normalized spacial score (nSPS) is 11.9. The van der Waals surface area contributed by atoms with Crippen molar-refractivity contribution in [2.75, 3.05) is 11.5 Å². The van der Waals surface area contributed by atoms with Crippen molar-refractivity contribution in [2.45, 2.75) is 24.8 Å². The molecule has 0 saturated carbocycles. The van der Waals surface area contributed by atoms with Crippen LogP contribution in [0.3, 0.4) is 0 Å². The van der Waals surface area contributed by atoms with Gasteiger partial charge >= 0.3 is 0 Å². The Balaban J connectivity index is 1.89. The van der Waals surface area contributed by atoms with Crippen molar-refractivity contribution in [1.29, 1.82) is 0 Å². The first-order valence-electron chi connectivity index (χ1n) is 6.90. The van der Waals surface area contributed by atoms with E-state index in [0.29, 0.717) is 5.75 Å². The van der Waals surface area contributed by atoms with Gasteiger partial charge in [-0.05, 0) is 37.1 Å². The third-order valence-electron chi connectivity index (χ3n) is 3.36. The SMILES string of the molecule is Cc1c(N)cccc1SCC(=O)NC(C)c1ccccc1. The highest BCUT2D eigenvalue weighted by atomic mass is 32.2. The van der Waals surface area contributed by atoms with Crippen LogP contribution in [0, 0.1) is 6.92 Å². The molecule has 0 heterocycles. The Labute approximate surface area is 129 Å². The molecule has 0 saturated heterocycles. The molecule has 21 heavy (non-hydrogen) atoms. The summed E-state index contributed by atoms with van der Waals surface area (Å²) >= 11 is 1.51. The average Bonchev–Trinajstić information content (AvgIpc) is 2.49. The molecular formula is C17H20N2OS. The lowest BCUT2D eigenvalue weighted by atomic mass is 10.1. The lowest BCUT2D eigenvalue weighted by molar-refractivity contribution is -0.119. The summed E-state index contributed by atoms with van der Waals surface area (Å²) in [6, 6.07) is 15.7. The Morgan fingerprint density at radius 2 is 1.90 bits per heavy atom. The minimum atomic E-state index is 0.0150. The number of benzene rings is 2. The quantitative estimate of drug-likeness (QED) is 0.656.